The number of hydrogen-bond donors (Lipinski definition) is 0. The van der Waals surface area contributed by atoms with Crippen LogP contribution in [-0.4, -0.2) is 64.3 Å². The van der Waals surface area contributed by atoms with E-state index in [1.165, 1.54) is 18.5 Å². The van der Waals surface area contributed by atoms with Crippen LogP contribution < -0.4 is 4.90 Å². The van der Waals surface area contributed by atoms with Gasteiger partial charge in [0.25, 0.3) is 0 Å². The number of ether oxygens (including phenoxy) is 3. The van der Waals surface area contributed by atoms with Gasteiger partial charge in [0.15, 0.2) is 5.69 Å². The number of carbonyl (C=O) groups excluding carboxylic acids is 3. The fraction of sp³-hybridized carbons (Fsp3) is 0.419. The summed E-state index contributed by atoms with van der Waals surface area (Å²) >= 11 is 0. The molecule has 1 fully saturated rings. The third-order valence-corrected chi connectivity index (χ3v) is 6.54. The monoisotopic (exact) mass is 596 g/mol. The van der Waals surface area contributed by atoms with E-state index in [2.05, 4.69) is 9.97 Å². The molecule has 0 bridgehead atoms. The number of anilines is 1. The fourth-order valence-corrected chi connectivity index (χ4v) is 4.76. The Hall–Kier alpha value is -4.48. The molecule has 12 heteroatoms. The Kier molecular flexibility index (Phi) is 9.67. The number of carbonyl (C=O) groups is 3. The molecule has 0 N–H and O–H groups in total. The van der Waals surface area contributed by atoms with E-state index in [-0.39, 0.29) is 53.5 Å². The van der Waals surface area contributed by atoms with Gasteiger partial charge in [0.1, 0.15) is 34.7 Å². The molecule has 0 aliphatic carbocycles. The number of rotatable bonds is 9. The standard InChI is InChI=1S/C31H34F2N4O6/c1-6-41-28(38)24-17-34-23(16-35-24)21-15-20(13-18-10-11-19(32)14-22(18)33)36-27(26(21)30(40)42-7-2)37-12-8-9-25(37)29(39)43-31(3,4)5/h10-11,14-17,25H,6-9,12-13H2,1-5H3/t25-/m0/s1. The van der Waals surface area contributed by atoms with Gasteiger partial charge in [-0.15, -0.1) is 0 Å². The van der Waals surface area contributed by atoms with Crippen LogP contribution in [0.2, 0.25) is 0 Å². The lowest BCUT2D eigenvalue weighted by Crippen LogP contribution is -2.41. The van der Waals surface area contributed by atoms with Crippen molar-refractivity contribution in [1.82, 2.24) is 15.0 Å². The van der Waals surface area contributed by atoms with E-state index in [9.17, 15) is 23.2 Å². The molecule has 0 saturated carbocycles. The summed E-state index contributed by atoms with van der Waals surface area (Å²) < 4.78 is 44.4. The number of pyridine rings is 1. The normalized spacial score (nSPS) is 14.9. The van der Waals surface area contributed by atoms with Crippen molar-refractivity contribution in [3.63, 3.8) is 0 Å². The van der Waals surface area contributed by atoms with Crippen LogP contribution >= 0.6 is 0 Å². The Bertz CT molecular complexity index is 1510. The lowest BCUT2D eigenvalue weighted by molar-refractivity contribution is -0.156. The van der Waals surface area contributed by atoms with E-state index in [0.29, 0.717) is 25.1 Å². The summed E-state index contributed by atoms with van der Waals surface area (Å²) in [5.74, 6) is -3.19. The second-order valence-corrected chi connectivity index (χ2v) is 10.9. The second kappa shape index (κ2) is 13.2. The number of aromatic nitrogens is 3. The fourth-order valence-electron chi connectivity index (χ4n) is 4.76. The molecule has 0 spiro atoms. The zero-order valence-corrected chi connectivity index (χ0v) is 24.8. The molecule has 1 saturated heterocycles. The highest BCUT2D eigenvalue weighted by Crippen LogP contribution is 2.36. The molecule has 0 unspecified atom stereocenters. The van der Waals surface area contributed by atoms with Gasteiger partial charge in [-0.1, -0.05) is 6.07 Å². The van der Waals surface area contributed by atoms with Crippen molar-refractivity contribution in [2.75, 3.05) is 24.7 Å². The van der Waals surface area contributed by atoms with Crippen LogP contribution in [0.4, 0.5) is 14.6 Å². The van der Waals surface area contributed by atoms with Crippen LogP contribution in [-0.2, 0) is 25.4 Å². The van der Waals surface area contributed by atoms with Gasteiger partial charge in [0.2, 0.25) is 0 Å². The van der Waals surface area contributed by atoms with Crippen LogP contribution in [0, 0.1) is 11.6 Å². The Balaban J connectivity index is 1.91. The molecule has 3 heterocycles. The van der Waals surface area contributed by atoms with E-state index in [0.717, 1.165) is 12.1 Å². The summed E-state index contributed by atoms with van der Waals surface area (Å²) in [4.78, 5) is 53.9. The minimum absolute atomic E-state index is 0.0267. The molecule has 1 aliphatic rings. The highest BCUT2D eigenvalue weighted by atomic mass is 19.1. The first-order valence-electron chi connectivity index (χ1n) is 14.1. The zero-order chi connectivity index (χ0) is 31.3. The zero-order valence-electron chi connectivity index (χ0n) is 24.8. The van der Waals surface area contributed by atoms with Crippen LogP contribution in [0.3, 0.4) is 0 Å². The third-order valence-electron chi connectivity index (χ3n) is 6.54. The Morgan fingerprint density at radius 2 is 1.72 bits per heavy atom. The average molecular weight is 597 g/mol. The van der Waals surface area contributed by atoms with Crippen molar-refractivity contribution >= 4 is 23.7 Å². The van der Waals surface area contributed by atoms with Crippen LogP contribution in [0.1, 0.15) is 79.6 Å². The van der Waals surface area contributed by atoms with Gasteiger partial charge in [-0.2, -0.15) is 0 Å². The van der Waals surface area contributed by atoms with E-state index in [1.54, 1.807) is 45.6 Å². The van der Waals surface area contributed by atoms with Crippen molar-refractivity contribution in [2.24, 2.45) is 0 Å². The molecule has 1 aromatic carbocycles. The van der Waals surface area contributed by atoms with Crippen molar-refractivity contribution < 1.29 is 37.4 Å². The maximum atomic E-state index is 14.7. The van der Waals surface area contributed by atoms with Gasteiger partial charge in [0.05, 0.1) is 31.3 Å². The SMILES string of the molecule is CCOC(=O)c1cnc(-c2cc(Cc3ccc(F)cc3F)nc(N3CCC[C@H]3C(=O)OC(C)(C)C)c2C(=O)OCC)cn1. The maximum Gasteiger partial charge on any atom is 0.358 e. The number of halogens is 2. The van der Waals surface area contributed by atoms with Gasteiger partial charge < -0.3 is 19.1 Å². The van der Waals surface area contributed by atoms with E-state index in [1.807, 2.05) is 0 Å². The summed E-state index contributed by atoms with van der Waals surface area (Å²) in [6.07, 6.45) is 3.55. The summed E-state index contributed by atoms with van der Waals surface area (Å²) in [5.41, 5.74) is 0.187. The first-order valence-corrected chi connectivity index (χ1v) is 14.1. The van der Waals surface area contributed by atoms with Crippen molar-refractivity contribution in [1.29, 1.82) is 0 Å². The molecule has 43 heavy (non-hydrogen) atoms. The largest absolute Gasteiger partial charge is 0.462 e. The second-order valence-electron chi connectivity index (χ2n) is 10.9. The molecule has 4 rings (SSSR count). The van der Waals surface area contributed by atoms with Crippen molar-refractivity contribution in [3.8, 4) is 11.3 Å². The molecular weight excluding hydrogens is 562 g/mol. The molecule has 1 atom stereocenters. The van der Waals surface area contributed by atoms with Crippen LogP contribution in [0.25, 0.3) is 11.3 Å². The summed E-state index contributed by atoms with van der Waals surface area (Å²) in [7, 11) is 0. The number of benzene rings is 1. The minimum Gasteiger partial charge on any atom is -0.462 e. The topological polar surface area (TPSA) is 121 Å². The third kappa shape index (κ3) is 7.49. The average Bonchev–Trinajstić information content (AvgIpc) is 3.44. The van der Waals surface area contributed by atoms with Gasteiger partial charge >= 0.3 is 17.9 Å². The van der Waals surface area contributed by atoms with Crippen molar-refractivity contribution in [2.45, 2.75) is 65.5 Å². The molecule has 0 radical (unpaired) electrons. The summed E-state index contributed by atoms with van der Waals surface area (Å²) in [6.45, 7) is 9.21. The lowest BCUT2D eigenvalue weighted by Gasteiger charge is -2.30. The molecular formula is C31H34F2N4O6. The van der Waals surface area contributed by atoms with Crippen LogP contribution in [0.15, 0.2) is 36.7 Å². The maximum absolute atomic E-state index is 14.7. The van der Waals surface area contributed by atoms with Gasteiger partial charge in [-0.3, -0.25) is 4.98 Å². The predicted octanol–water partition coefficient (Wildman–Crippen LogP) is 5.07. The minimum atomic E-state index is -0.759. The number of nitrogens with zero attached hydrogens (tertiary/aromatic N) is 4. The predicted molar refractivity (Wildman–Crippen MR) is 153 cm³/mol. The van der Waals surface area contributed by atoms with Gasteiger partial charge in [0, 0.05) is 30.3 Å². The van der Waals surface area contributed by atoms with Gasteiger partial charge in [-0.25, -0.2) is 33.1 Å². The van der Waals surface area contributed by atoms with E-state index in [4.69, 9.17) is 19.2 Å². The first kappa shape index (κ1) is 31.5. The highest BCUT2D eigenvalue weighted by Gasteiger charge is 2.38. The summed E-state index contributed by atoms with van der Waals surface area (Å²) in [5, 5.41) is 0. The number of hydrogen-bond acceptors (Lipinski definition) is 10. The number of esters is 3. The quantitative estimate of drug-likeness (QED) is 0.244. The van der Waals surface area contributed by atoms with Crippen LogP contribution in [0.5, 0.6) is 0 Å². The van der Waals surface area contributed by atoms with Gasteiger partial charge in [-0.05, 0) is 65.2 Å². The molecule has 0 amide bonds. The highest BCUT2D eigenvalue weighted by molar-refractivity contribution is 6.02. The Morgan fingerprint density at radius 1 is 1.00 bits per heavy atom. The molecule has 10 nitrogen and oxygen atoms in total. The smallest absolute Gasteiger partial charge is 0.358 e. The van der Waals surface area contributed by atoms with E-state index >= 15 is 0 Å². The Morgan fingerprint density at radius 3 is 2.35 bits per heavy atom. The lowest BCUT2D eigenvalue weighted by atomic mass is 10.0. The molecule has 1 aliphatic heterocycles. The van der Waals surface area contributed by atoms with Crippen molar-refractivity contribution in [3.05, 3.63) is 70.8 Å². The molecule has 2 aromatic heterocycles. The molecule has 3 aromatic rings. The molecule has 228 valence electrons. The first-order chi connectivity index (χ1) is 20.4. The Labute approximate surface area is 248 Å². The van der Waals surface area contributed by atoms with E-state index < -0.39 is 41.2 Å². The summed E-state index contributed by atoms with van der Waals surface area (Å²) in [6, 6.07) is 4.04.